The highest BCUT2D eigenvalue weighted by Crippen LogP contribution is 2.22. The molecule has 2 heterocycles. The molecule has 0 unspecified atom stereocenters. The minimum Gasteiger partial charge on any atom is -0.465 e. The van der Waals surface area contributed by atoms with Crippen LogP contribution in [0.2, 0.25) is 4.34 Å². The van der Waals surface area contributed by atoms with Gasteiger partial charge < -0.3 is 9.32 Å². The monoisotopic (exact) mass is 306 g/mol. The van der Waals surface area contributed by atoms with Crippen LogP contribution in [0.3, 0.4) is 0 Å². The number of hydrogen-bond donors (Lipinski definition) is 0. The zero-order valence-corrected chi connectivity index (χ0v) is 12.2. The second-order valence-electron chi connectivity index (χ2n) is 4.05. The number of amides is 1. The van der Waals surface area contributed by atoms with Crippen LogP contribution in [-0.2, 0) is 11.3 Å². The summed E-state index contributed by atoms with van der Waals surface area (Å²) in [6, 6.07) is 8.92. The van der Waals surface area contributed by atoms with E-state index in [1.807, 2.05) is 12.1 Å². The average Bonchev–Trinajstić information content (AvgIpc) is 3.07. The summed E-state index contributed by atoms with van der Waals surface area (Å²) in [5.41, 5.74) is 0.0325. The summed E-state index contributed by atoms with van der Waals surface area (Å²) in [4.78, 5) is 14.6. The lowest BCUT2D eigenvalue weighted by atomic mass is 10.2. The van der Waals surface area contributed by atoms with Crippen molar-refractivity contribution in [3.63, 3.8) is 0 Å². The summed E-state index contributed by atoms with van der Waals surface area (Å²) in [5, 5.41) is 9.09. The largest absolute Gasteiger partial charge is 0.465 e. The van der Waals surface area contributed by atoms with Crippen molar-refractivity contribution >= 4 is 34.9 Å². The minimum atomic E-state index is -0.353. The number of thiophene rings is 1. The average molecular weight is 307 g/mol. The maximum Gasteiger partial charge on any atom is 0.264 e. The summed E-state index contributed by atoms with van der Waals surface area (Å²) in [6.45, 7) is 0.410. The van der Waals surface area contributed by atoms with Gasteiger partial charge in [-0.2, -0.15) is 5.26 Å². The standard InChI is InChI=1S/C14H11ClN2O2S/c1-17(9-12-4-5-13(15)20-12)14(18)10(8-16)7-11-3-2-6-19-11/h2-7H,9H2,1H3. The Morgan fingerprint density at radius 3 is 2.90 bits per heavy atom. The molecule has 2 rings (SSSR count). The molecule has 0 fully saturated rings. The van der Waals surface area contributed by atoms with Gasteiger partial charge in [-0.25, -0.2) is 0 Å². The van der Waals surface area contributed by atoms with E-state index in [1.165, 1.54) is 28.6 Å². The highest BCUT2D eigenvalue weighted by atomic mass is 35.5. The quantitative estimate of drug-likeness (QED) is 0.641. The summed E-state index contributed by atoms with van der Waals surface area (Å²) in [5.74, 6) is 0.121. The molecule has 1 amide bonds. The number of rotatable bonds is 4. The Bertz CT molecular complexity index is 668. The predicted octanol–water partition coefficient (Wildman–Crippen LogP) is 3.56. The zero-order valence-electron chi connectivity index (χ0n) is 10.7. The number of halogens is 1. The van der Waals surface area contributed by atoms with E-state index in [9.17, 15) is 4.79 Å². The van der Waals surface area contributed by atoms with Gasteiger partial charge in [0, 0.05) is 18.0 Å². The topological polar surface area (TPSA) is 57.2 Å². The van der Waals surface area contributed by atoms with E-state index in [4.69, 9.17) is 21.3 Å². The van der Waals surface area contributed by atoms with E-state index in [2.05, 4.69) is 0 Å². The Kier molecular flexibility index (Phi) is 4.61. The first-order valence-electron chi connectivity index (χ1n) is 5.75. The third kappa shape index (κ3) is 3.50. The molecule has 0 aliphatic carbocycles. The molecule has 2 aromatic heterocycles. The van der Waals surface area contributed by atoms with E-state index in [0.717, 1.165) is 4.88 Å². The van der Waals surface area contributed by atoms with Crippen LogP contribution in [0.25, 0.3) is 6.08 Å². The van der Waals surface area contributed by atoms with E-state index in [0.29, 0.717) is 16.6 Å². The van der Waals surface area contributed by atoms with E-state index < -0.39 is 0 Å². The fourth-order valence-corrected chi connectivity index (χ4v) is 2.75. The van der Waals surface area contributed by atoms with Gasteiger partial charge in [0.05, 0.1) is 17.1 Å². The number of likely N-dealkylation sites (N-methyl/N-ethyl adjacent to an activating group) is 1. The van der Waals surface area contributed by atoms with Crippen molar-refractivity contribution in [3.8, 4) is 6.07 Å². The molecule has 102 valence electrons. The van der Waals surface area contributed by atoms with Crippen molar-refractivity contribution in [2.75, 3.05) is 7.05 Å². The summed E-state index contributed by atoms with van der Waals surface area (Å²) >= 11 is 7.26. The Balaban J connectivity index is 2.11. The summed E-state index contributed by atoms with van der Waals surface area (Å²) in [7, 11) is 1.64. The van der Waals surface area contributed by atoms with Gasteiger partial charge in [-0.3, -0.25) is 4.79 Å². The molecule has 0 N–H and O–H groups in total. The van der Waals surface area contributed by atoms with Crippen LogP contribution in [-0.4, -0.2) is 17.9 Å². The van der Waals surface area contributed by atoms with Crippen LogP contribution in [0.5, 0.6) is 0 Å². The van der Waals surface area contributed by atoms with Crippen LogP contribution in [0.15, 0.2) is 40.5 Å². The predicted molar refractivity (Wildman–Crippen MR) is 78.1 cm³/mol. The Labute approximate surface area is 125 Å². The third-order valence-corrected chi connectivity index (χ3v) is 3.77. The van der Waals surface area contributed by atoms with Crippen LogP contribution < -0.4 is 0 Å². The van der Waals surface area contributed by atoms with Gasteiger partial charge in [-0.15, -0.1) is 11.3 Å². The fraction of sp³-hybridized carbons (Fsp3) is 0.143. The molecular weight excluding hydrogens is 296 g/mol. The van der Waals surface area contributed by atoms with Crippen molar-refractivity contribution in [1.82, 2.24) is 4.90 Å². The smallest absolute Gasteiger partial charge is 0.264 e. The first-order chi connectivity index (χ1) is 9.60. The molecule has 0 saturated carbocycles. The first kappa shape index (κ1) is 14.4. The molecule has 20 heavy (non-hydrogen) atoms. The van der Waals surface area contributed by atoms with Crippen molar-refractivity contribution in [1.29, 1.82) is 5.26 Å². The lowest BCUT2D eigenvalue weighted by Gasteiger charge is -2.15. The molecule has 0 radical (unpaired) electrons. The normalized spacial score (nSPS) is 11.2. The number of hydrogen-bond acceptors (Lipinski definition) is 4. The molecule has 4 nitrogen and oxygen atoms in total. The molecule has 2 aromatic rings. The van der Waals surface area contributed by atoms with Gasteiger partial charge >= 0.3 is 0 Å². The van der Waals surface area contributed by atoms with E-state index in [1.54, 1.807) is 25.2 Å². The molecule has 0 spiro atoms. The molecule has 0 saturated heterocycles. The van der Waals surface area contributed by atoms with Gasteiger partial charge in [-0.1, -0.05) is 11.6 Å². The Morgan fingerprint density at radius 2 is 2.35 bits per heavy atom. The van der Waals surface area contributed by atoms with Gasteiger partial charge in [-0.05, 0) is 24.3 Å². The van der Waals surface area contributed by atoms with E-state index >= 15 is 0 Å². The second kappa shape index (κ2) is 6.42. The summed E-state index contributed by atoms with van der Waals surface area (Å²) in [6.07, 6.45) is 2.92. The number of nitriles is 1. The highest BCUT2D eigenvalue weighted by Gasteiger charge is 2.16. The maximum atomic E-state index is 12.2. The van der Waals surface area contributed by atoms with Gasteiger partial charge in [0.2, 0.25) is 0 Å². The van der Waals surface area contributed by atoms with Gasteiger partial charge in [0.1, 0.15) is 17.4 Å². The number of furan rings is 1. The van der Waals surface area contributed by atoms with E-state index in [-0.39, 0.29) is 11.5 Å². The van der Waals surface area contributed by atoms with Crippen LogP contribution in [0.4, 0.5) is 0 Å². The molecular formula is C14H11ClN2O2S. The lowest BCUT2D eigenvalue weighted by molar-refractivity contribution is -0.125. The minimum absolute atomic E-state index is 0.0325. The number of nitrogens with zero attached hydrogens (tertiary/aromatic N) is 2. The number of carbonyl (C=O) groups is 1. The maximum absolute atomic E-state index is 12.2. The van der Waals surface area contributed by atoms with Crippen molar-refractivity contribution in [3.05, 3.63) is 51.1 Å². The van der Waals surface area contributed by atoms with Crippen molar-refractivity contribution in [2.24, 2.45) is 0 Å². The van der Waals surface area contributed by atoms with Crippen molar-refractivity contribution < 1.29 is 9.21 Å². The lowest BCUT2D eigenvalue weighted by Crippen LogP contribution is -2.26. The van der Waals surface area contributed by atoms with Crippen LogP contribution >= 0.6 is 22.9 Å². The van der Waals surface area contributed by atoms with Gasteiger partial charge in [0.25, 0.3) is 5.91 Å². The Morgan fingerprint density at radius 1 is 1.55 bits per heavy atom. The second-order valence-corrected chi connectivity index (χ2v) is 5.85. The summed E-state index contributed by atoms with van der Waals surface area (Å²) < 4.78 is 5.78. The first-order valence-corrected chi connectivity index (χ1v) is 6.94. The molecule has 0 aliphatic heterocycles. The van der Waals surface area contributed by atoms with Crippen LogP contribution in [0.1, 0.15) is 10.6 Å². The van der Waals surface area contributed by atoms with Crippen LogP contribution in [0, 0.1) is 11.3 Å². The third-order valence-electron chi connectivity index (χ3n) is 2.55. The SMILES string of the molecule is CN(Cc1ccc(Cl)s1)C(=O)C(C#N)=Cc1ccco1. The zero-order chi connectivity index (χ0) is 14.5. The molecule has 0 aromatic carbocycles. The number of carbonyl (C=O) groups excluding carboxylic acids is 1. The van der Waals surface area contributed by atoms with Crippen molar-refractivity contribution in [2.45, 2.75) is 6.54 Å². The molecule has 0 aliphatic rings. The fourth-order valence-electron chi connectivity index (χ4n) is 1.61. The Hall–Kier alpha value is -2.03. The molecule has 0 bridgehead atoms. The molecule has 0 atom stereocenters. The van der Waals surface area contributed by atoms with Gasteiger partial charge in [0.15, 0.2) is 0 Å². The molecule has 6 heteroatoms. The highest BCUT2D eigenvalue weighted by molar-refractivity contribution is 7.16.